The van der Waals surface area contributed by atoms with Gasteiger partial charge in [-0.2, -0.15) is 13.2 Å². The number of halogens is 3. The minimum Gasteiger partial charge on any atom is -0.472 e. The molecular weight excluding hydrogens is 383 g/mol. The maximum absolute atomic E-state index is 12.7. The van der Waals surface area contributed by atoms with Gasteiger partial charge in [0.25, 0.3) is 0 Å². The molecule has 0 N–H and O–H groups in total. The van der Waals surface area contributed by atoms with E-state index in [1.54, 1.807) is 6.20 Å². The van der Waals surface area contributed by atoms with Crippen LogP contribution in [0.3, 0.4) is 0 Å². The van der Waals surface area contributed by atoms with E-state index in [-0.39, 0.29) is 12.1 Å². The molecule has 5 rings (SSSR count). The SMILES string of the molecule is FC(F)(F)c1ccc(N2CCN3C[C@H](Oc4cnc(C5CC5)cn4)C[C@H]3C2)nc1. The monoisotopic (exact) mass is 405 g/mol. The highest BCUT2D eigenvalue weighted by Crippen LogP contribution is 2.38. The second-order valence-electron chi connectivity index (χ2n) is 8.03. The average molecular weight is 405 g/mol. The first-order valence-electron chi connectivity index (χ1n) is 9.96. The Morgan fingerprint density at radius 3 is 2.48 bits per heavy atom. The lowest BCUT2D eigenvalue weighted by Gasteiger charge is -2.37. The van der Waals surface area contributed by atoms with Gasteiger partial charge in [0.05, 0.1) is 23.7 Å². The van der Waals surface area contributed by atoms with Crippen LogP contribution in [0.1, 0.15) is 36.4 Å². The molecule has 1 saturated carbocycles. The van der Waals surface area contributed by atoms with Gasteiger partial charge in [0.2, 0.25) is 5.88 Å². The van der Waals surface area contributed by atoms with Gasteiger partial charge in [-0.15, -0.1) is 0 Å². The number of hydrogen-bond acceptors (Lipinski definition) is 6. The molecule has 9 heteroatoms. The minimum absolute atomic E-state index is 0.0431. The van der Waals surface area contributed by atoms with Crippen molar-refractivity contribution in [2.45, 2.75) is 43.5 Å². The number of hydrogen-bond donors (Lipinski definition) is 0. The maximum Gasteiger partial charge on any atom is 0.417 e. The van der Waals surface area contributed by atoms with Crippen molar-refractivity contribution < 1.29 is 17.9 Å². The van der Waals surface area contributed by atoms with E-state index in [1.807, 2.05) is 11.1 Å². The highest BCUT2D eigenvalue weighted by molar-refractivity contribution is 5.41. The minimum atomic E-state index is -4.36. The van der Waals surface area contributed by atoms with Crippen LogP contribution in [-0.4, -0.2) is 58.2 Å². The summed E-state index contributed by atoms with van der Waals surface area (Å²) >= 11 is 0. The molecule has 2 saturated heterocycles. The third kappa shape index (κ3) is 4.01. The Morgan fingerprint density at radius 2 is 1.83 bits per heavy atom. The third-order valence-electron chi connectivity index (χ3n) is 5.91. The first-order chi connectivity index (χ1) is 14.0. The number of aromatic nitrogens is 3. The molecule has 2 aliphatic heterocycles. The van der Waals surface area contributed by atoms with Gasteiger partial charge in [-0.05, 0) is 25.0 Å². The largest absolute Gasteiger partial charge is 0.472 e. The van der Waals surface area contributed by atoms with Crippen molar-refractivity contribution in [2.24, 2.45) is 0 Å². The second kappa shape index (κ2) is 7.12. The van der Waals surface area contributed by atoms with Crippen molar-refractivity contribution in [2.75, 3.05) is 31.1 Å². The lowest BCUT2D eigenvalue weighted by atomic mass is 10.1. The van der Waals surface area contributed by atoms with Crippen LogP contribution in [0.5, 0.6) is 5.88 Å². The van der Waals surface area contributed by atoms with Gasteiger partial charge in [0, 0.05) is 50.8 Å². The highest BCUT2D eigenvalue weighted by Gasteiger charge is 2.38. The summed E-state index contributed by atoms with van der Waals surface area (Å²) in [4.78, 5) is 17.3. The van der Waals surface area contributed by atoms with Crippen LogP contribution in [0.2, 0.25) is 0 Å². The Balaban J connectivity index is 1.19. The summed E-state index contributed by atoms with van der Waals surface area (Å²) in [5.74, 6) is 1.71. The van der Waals surface area contributed by atoms with Crippen molar-refractivity contribution in [1.29, 1.82) is 0 Å². The number of fused-ring (bicyclic) bond motifs is 1. The van der Waals surface area contributed by atoms with Crippen LogP contribution < -0.4 is 9.64 Å². The van der Waals surface area contributed by atoms with Crippen LogP contribution in [0.25, 0.3) is 0 Å². The standard InChI is InChI=1S/C20H22F3N5O/c21-20(22,23)14-3-4-18(25-8-14)28-6-5-27-12-16(7-15(27)11-28)29-19-10-24-17(9-26-19)13-1-2-13/h3-4,8-10,13,15-16H,1-2,5-7,11-12H2/t15-,16+/m0/s1. The van der Waals surface area contributed by atoms with Crippen LogP contribution >= 0.6 is 0 Å². The van der Waals surface area contributed by atoms with Crippen LogP contribution in [0.4, 0.5) is 19.0 Å². The van der Waals surface area contributed by atoms with Crippen LogP contribution in [0, 0.1) is 0 Å². The molecule has 0 amide bonds. The summed E-state index contributed by atoms with van der Waals surface area (Å²) in [7, 11) is 0. The summed E-state index contributed by atoms with van der Waals surface area (Å²) < 4.78 is 44.3. The topological polar surface area (TPSA) is 54.4 Å². The highest BCUT2D eigenvalue weighted by atomic mass is 19.4. The molecule has 0 bridgehead atoms. The van der Waals surface area contributed by atoms with Crippen molar-refractivity contribution in [3.63, 3.8) is 0 Å². The fourth-order valence-corrected chi connectivity index (χ4v) is 4.18. The molecule has 3 aliphatic rings. The Hall–Kier alpha value is -2.42. The Labute approximate surface area is 166 Å². The summed E-state index contributed by atoms with van der Waals surface area (Å²) in [5.41, 5.74) is 0.323. The number of piperazine rings is 1. The quantitative estimate of drug-likeness (QED) is 0.779. The molecule has 2 aromatic rings. The van der Waals surface area contributed by atoms with E-state index >= 15 is 0 Å². The van der Waals surface area contributed by atoms with E-state index < -0.39 is 11.7 Å². The first kappa shape index (κ1) is 18.6. The molecule has 0 radical (unpaired) electrons. The molecule has 0 unspecified atom stereocenters. The number of pyridine rings is 1. The number of rotatable bonds is 4. The Morgan fingerprint density at radius 1 is 0.966 bits per heavy atom. The molecule has 2 atom stereocenters. The number of ether oxygens (including phenoxy) is 1. The van der Waals surface area contributed by atoms with E-state index in [0.29, 0.717) is 17.6 Å². The normalized spacial score (nSPS) is 25.1. The molecule has 6 nitrogen and oxygen atoms in total. The zero-order chi connectivity index (χ0) is 20.0. The number of anilines is 1. The van der Waals surface area contributed by atoms with E-state index in [2.05, 4.69) is 19.9 Å². The van der Waals surface area contributed by atoms with Gasteiger partial charge in [-0.1, -0.05) is 0 Å². The van der Waals surface area contributed by atoms with E-state index in [1.165, 1.54) is 18.9 Å². The van der Waals surface area contributed by atoms with Gasteiger partial charge >= 0.3 is 6.18 Å². The smallest absolute Gasteiger partial charge is 0.417 e. The fourth-order valence-electron chi connectivity index (χ4n) is 4.18. The van der Waals surface area contributed by atoms with Gasteiger partial charge < -0.3 is 9.64 Å². The maximum atomic E-state index is 12.7. The average Bonchev–Trinajstić information content (AvgIpc) is 3.48. The lowest BCUT2D eigenvalue weighted by Crippen LogP contribution is -2.50. The summed E-state index contributed by atoms with van der Waals surface area (Å²) in [6.45, 7) is 3.12. The van der Waals surface area contributed by atoms with Crippen LogP contribution in [0.15, 0.2) is 30.7 Å². The van der Waals surface area contributed by atoms with Crippen molar-refractivity contribution in [3.8, 4) is 5.88 Å². The van der Waals surface area contributed by atoms with Crippen molar-refractivity contribution in [1.82, 2.24) is 19.9 Å². The molecule has 4 heterocycles. The molecule has 3 fully saturated rings. The molecule has 154 valence electrons. The van der Waals surface area contributed by atoms with Gasteiger partial charge in [-0.25, -0.2) is 9.97 Å². The Kier molecular flexibility index (Phi) is 4.57. The summed E-state index contributed by atoms with van der Waals surface area (Å²) in [5, 5.41) is 0. The number of alkyl halides is 3. The second-order valence-corrected chi connectivity index (χ2v) is 8.03. The predicted octanol–water partition coefficient (Wildman–Crippen LogP) is 3.11. The molecular formula is C20H22F3N5O. The van der Waals surface area contributed by atoms with Crippen molar-refractivity contribution >= 4 is 5.82 Å². The van der Waals surface area contributed by atoms with Crippen LogP contribution in [-0.2, 0) is 6.18 Å². The van der Waals surface area contributed by atoms with E-state index in [9.17, 15) is 13.2 Å². The lowest BCUT2D eigenvalue weighted by molar-refractivity contribution is -0.137. The molecule has 0 spiro atoms. The first-order valence-corrected chi connectivity index (χ1v) is 9.96. The fraction of sp³-hybridized carbons (Fsp3) is 0.550. The van der Waals surface area contributed by atoms with Gasteiger partial charge in [0.1, 0.15) is 11.9 Å². The zero-order valence-electron chi connectivity index (χ0n) is 15.8. The van der Waals surface area contributed by atoms with Gasteiger partial charge in [-0.3, -0.25) is 9.88 Å². The van der Waals surface area contributed by atoms with Gasteiger partial charge in [0.15, 0.2) is 0 Å². The predicted molar refractivity (Wildman–Crippen MR) is 99.9 cm³/mol. The molecule has 0 aromatic carbocycles. The summed E-state index contributed by atoms with van der Waals surface area (Å²) in [6.07, 6.45) is 3.35. The van der Waals surface area contributed by atoms with Crippen molar-refractivity contribution in [3.05, 3.63) is 42.0 Å². The van der Waals surface area contributed by atoms with E-state index in [4.69, 9.17) is 4.74 Å². The third-order valence-corrected chi connectivity index (χ3v) is 5.91. The molecule has 29 heavy (non-hydrogen) atoms. The molecule has 1 aliphatic carbocycles. The van der Waals surface area contributed by atoms with E-state index in [0.717, 1.165) is 50.6 Å². The number of nitrogens with zero attached hydrogens (tertiary/aromatic N) is 5. The molecule has 2 aromatic heterocycles. The zero-order valence-corrected chi connectivity index (χ0v) is 15.8. The summed E-state index contributed by atoms with van der Waals surface area (Å²) in [6, 6.07) is 2.84. The Bertz CT molecular complexity index is 854.